The maximum Gasteiger partial charge on any atom is 0.225 e. The molecule has 6 nitrogen and oxygen atoms in total. The quantitative estimate of drug-likeness (QED) is 0.509. The van der Waals surface area contributed by atoms with E-state index in [1.54, 1.807) is 18.5 Å². The van der Waals surface area contributed by atoms with Gasteiger partial charge in [0.25, 0.3) is 0 Å². The molecule has 1 aromatic rings. The molecule has 80 valence electrons. The van der Waals surface area contributed by atoms with E-state index in [1.165, 1.54) is 0 Å². The molecule has 0 amide bonds. The summed E-state index contributed by atoms with van der Waals surface area (Å²) in [7, 11) is 0. The SMILES string of the molecule is N=C(N)C1CN(c2ncccn2)CCO1. The molecule has 3 N–H and O–H groups in total. The molecule has 0 saturated carbocycles. The molecule has 0 radical (unpaired) electrons. The van der Waals surface area contributed by atoms with Crippen molar-refractivity contribution >= 4 is 11.8 Å². The minimum Gasteiger partial charge on any atom is -0.385 e. The second-order valence-corrected chi connectivity index (χ2v) is 3.31. The summed E-state index contributed by atoms with van der Waals surface area (Å²) in [6, 6.07) is 1.77. The van der Waals surface area contributed by atoms with E-state index in [0.717, 1.165) is 6.54 Å². The van der Waals surface area contributed by atoms with Crippen molar-refractivity contribution in [3.8, 4) is 0 Å². The van der Waals surface area contributed by atoms with Crippen LogP contribution in [0.4, 0.5) is 5.95 Å². The number of nitrogens with one attached hydrogen (secondary N) is 1. The van der Waals surface area contributed by atoms with Crippen LogP contribution in [0.15, 0.2) is 18.5 Å². The Morgan fingerprint density at radius 1 is 1.53 bits per heavy atom. The molecule has 6 heteroatoms. The Morgan fingerprint density at radius 3 is 2.93 bits per heavy atom. The lowest BCUT2D eigenvalue weighted by molar-refractivity contribution is 0.0820. The predicted molar refractivity (Wildman–Crippen MR) is 55.9 cm³/mol. The van der Waals surface area contributed by atoms with E-state index in [-0.39, 0.29) is 11.9 Å². The third kappa shape index (κ3) is 2.21. The molecule has 1 aliphatic heterocycles. The summed E-state index contributed by atoms with van der Waals surface area (Å²) in [5.74, 6) is 0.711. The summed E-state index contributed by atoms with van der Waals surface area (Å²) in [5, 5.41) is 7.33. The van der Waals surface area contributed by atoms with Gasteiger partial charge in [-0.25, -0.2) is 9.97 Å². The fourth-order valence-electron chi connectivity index (χ4n) is 1.47. The zero-order chi connectivity index (χ0) is 10.7. The van der Waals surface area contributed by atoms with Crippen LogP contribution in [0.25, 0.3) is 0 Å². The molecule has 0 aromatic carbocycles. The Balaban J connectivity index is 2.08. The third-order valence-electron chi connectivity index (χ3n) is 2.25. The van der Waals surface area contributed by atoms with Crippen LogP contribution < -0.4 is 10.6 Å². The van der Waals surface area contributed by atoms with Crippen molar-refractivity contribution in [1.82, 2.24) is 9.97 Å². The van der Waals surface area contributed by atoms with Crippen LogP contribution in [0, 0.1) is 5.41 Å². The van der Waals surface area contributed by atoms with Crippen molar-refractivity contribution in [2.75, 3.05) is 24.6 Å². The second-order valence-electron chi connectivity index (χ2n) is 3.31. The largest absolute Gasteiger partial charge is 0.385 e. The summed E-state index contributed by atoms with van der Waals surface area (Å²) in [6.45, 7) is 1.82. The standard InChI is InChI=1S/C9H13N5O/c10-8(11)7-6-14(4-5-15-7)9-12-2-1-3-13-9/h1-3,7H,4-6H2,(H3,10,11). The lowest BCUT2D eigenvalue weighted by Crippen LogP contribution is -2.48. The van der Waals surface area contributed by atoms with Gasteiger partial charge in [-0.1, -0.05) is 0 Å². The first-order chi connectivity index (χ1) is 7.27. The van der Waals surface area contributed by atoms with Crippen molar-refractivity contribution in [3.05, 3.63) is 18.5 Å². The normalized spacial score (nSPS) is 21.3. The van der Waals surface area contributed by atoms with Gasteiger partial charge >= 0.3 is 0 Å². The minimum absolute atomic E-state index is 0.0515. The number of ether oxygens (including phenoxy) is 1. The summed E-state index contributed by atoms with van der Waals surface area (Å²) >= 11 is 0. The van der Waals surface area contributed by atoms with Crippen LogP contribution in [0.1, 0.15) is 0 Å². The molecule has 1 aliphatic rings. The molecule has 1 unspecified atom stereocenters. The highest BCUT2D eigenvalue weighted by atomic mass is 16.5. The molecule has 1 fully saturated rings. The van der Waals surface area contributed by atoms with Gasteiger partial charge < -0.3 is 15.4 Å². The number of amidine groups is 1. The molecule has 0 bridgehead atoms. The highest BCUT2D eigenvalue weighted by Gasteiger charge is 2.23. The topological polar surface area (TPSA) is 88.1 Å². The van der Waals surface area contributed by atoms with E-state index in [4.69, 9.17) is 15.9 Å². The van der Waals surface area contributed by atoms with Crippen molar-refractivity contribution < 1.29 is 4.74 Å². The van der Waals surface area contributed by atoms with E-state index in [9.17, 15) is 0 Å². The zero-order valence-electron chi connectivity index (χ0n) is 8.26. The van der Waals surface area contributed by atoms with E-state index in [0.29, 0.717) is 19.1 Å². The average molecular weight is 207 g/mol. The number of aromatic nitrogens is 2. The van der Waals surface area contributed by atoms with Gasteiger partial charge in [-0.05, 0) is 6.07 Å². The number of hydrogen-bond acceptors (Lipinski definition) is 5. The van der Waals surface area contributed by atoms with Gasteiger partial charge in [0.15, 0.2) is 0 Å². The molecular formula is C9H13N5O. The zero-order valence-corrected chi connectivity index (χ0v) is 8.26. The minimum atomic E-state index is -0.345. The van der Waals surface area contributed by atoms with E-state index >= 15 is 0 Å². The van der Waals surface area contributed by atoms with Crippen molar-refractivity contribution in [3.63, 3.8) is 0 Å². The monoisotopic (exact) mass is 207 g/mol. The molecule has 2 heterocycles. The molecule has 2 rings (SSSR count). The number of nitrogens with zero attached hydrogens (tertiary/aromatic N) is 3. The molecule has 1 aromatic heterocycles. The third-order valence-corrected chi connectivity index (χ3v) is 2.25. The number of hydrogen-bond donors (Lipinski definition) is 2. The first-order valence-corrected chi connectivity index (χ1v) is 4.75. The molecule has 15 heavy (non-hydrogen) atoms. The Kier molecular flexibility index (Phi) is 2.77. The molecule has 1 atom stereocenters. The van der Waals surface area contributed by atoms with Gasteiger partial charge in [-0.15, -0.1) is 0 Å². The highest BCUT2D eigenvalue weighted by Crippen LogP contribution is 2.11. The van der Waals surface area contributed by atoms with Crippen molar-refractivity contribution in [2.45, 2.75) is 6.10 Å². The molecule has 0 aliphatic carbocycles. The van der Waals surface area contributed by atoms with Gasteiger partial charge in [0.05, 0.1) is 13.2 Å². The predicted octanol–water partition coefficient (Wildman–Crippen LogP) is -0.382. The van der Waals surface area contributed by atoms with Gasteiger partial charge in [-0.2, -0.15) is 0 Å². The molecule has 0 spiro atoms. The van der Waals surface area contributed by atoms with Crippen LogP contribution >= 0.6 is 0 Å². The van der Waals surface area contributed by atoms with E-state index < -0.39 is 0 Å². The van der Waals surface area contributed by atoms with Gasteiger partial charge in [-0.3, -0.25) is 5.41 Å². The van der Waals surface area contributed by atoms with E-state index in [1.807, 2.05) is 4.90 Å². The fraction of sp³-hybridized carbons (Fsp3) is 0.444. The first kappa shape index (κ1) is 9.85. The Bertz CT molecular complexity index is 342. The smallest absolute Gasteiger partial charge is 0.225 e. The van der Waals surface area contributed by atoms with Crippen molar-refractivity contribution in [2.24, 2.45) is 5.73 Å². The number of anilines is 1. The summed E-state index contributed by atoms with van der Waals surface area (Å²) in [4.78, 5) is 10.3. The van der Waals surface area contributed by atoms with Gasteiger partial charge in [0.2, 0.25) is 5.95 Å². The highest BCUT2D eigenvalue weighted by molar-refractivity contribution is 5.82. The van der Waals surface area contributed by atoms with E-state index in [2.05, 4.69) is 9.97 Å². The lowest BCUT2D eigenvalue weighted by Gasteiger charge is -2.32. The maximum absolute atomic E-state index is 7.33. The Labute approximate surface area is 87.6 Å². The van der Waals surface area contributed by atoms with Crippen LogP contribution in [0.3, 0.4) is 0 Å². The van der Waals surface area contributed by atoms with Crippen LogP contribution in [0.2, 0.25) is 0 Å². The fourth-order valence-corrected chi connectivity index (χ4v) is 1.47. The average Bonchev–Trinajstić information content (AvgIpc) is 2.30. The molecular weight excluding hydrogens is 194 g/mol. The maximum atomic E-state index is 7.33. The number of nitrogens with two attached hydrogens (primary N) is 1. The number of morpholine rings is 1. The van der Waals surface area contributed by atoms with Gasteiger partial charge in [0.1, 0.15) is 11.9 Å². The summed E-state index contributed by atoms with van der Waals surface area (Å²) < 4.78 is 5.34. The summed E-state index contributed by atoms with van der Waals surface area (Å²) in [6.07, 6.45) is 3.05. The Hall–Kier alpha value is -1.69. The lowest BCUT2D eigenvalue weighted by atomic mass is 10.2. The second kappa shape index (κ2) is 4.22. The number of rotatable bonds is 2. The van der Waals surface area contributed by atoms with Crippen LogP contribution in [-0.2, 0) is 4.74 Å². The Morgan fingerprint density at radius 2 is 2.27 bits per heavy atom. The van der Waals surface area contributed by atoms with Gasteiger partial charge in [0, 0.05) is 18.9 Å². The summed E-state index contributed by atoms with van der Waals surface area (Å²) in [5.41, 5.74) is 5.40. The van der Waals surface area contributed by atoms with Crippen LogP contribution in [0.5, 0.6) is 0 Å². The van der Waals surface area contributed by atoms with Crippen molar-refractivity contribution in [1.29, 1.82) is 5.41 Å². The molecule has 1 saturated heterocycles. The first-order valence-electron chi connectivity index (χ1n) is 4.75. The van der Waals surface area contributed by atoms with Crippen LogP contribution in [-0.4, -0.2) is 41.6 Å².